The van der Waals surface area contributed by atoms with E-state index in [1.54, 1.807) is 6.07 Å². The van der Waals surface area contributed by atoms with Gasteiger partial charge in [0.15, 0.2) is 0 Å². The summed E-state index contributed by atoms with van der Waals surface area (Å²) in [5.41, 5.74) is -0.0208. The average Bonchev–Trinajstić information content (AvgIpc) is 2.49. The second kappa shape index (κ2) is 5.40. The van der Waals surface area contributed by atoms with Crippen LogP contribution in [-0.4, -0.2) is 34.9 Å². The van der Waals surface area contributed by atoms with E-state index in [1.165, 1.54) is 11.0 Å². The minimum Gasteiger partial charge on any atom is -0.507 e. The molecule has 1 aromatic rings. The molecular weight excluding hydrogens is 282 g/mol. The molecule has 0 bridgehead atoms. The molecule has 20 heavy (non-hydrogen) atoms. The molecule has 1 amide bonds. The fourth-order valence-electron chi connectivity index (χ4n) is 1.90. The first-order valence-corrected chi connectivity index (χ1v) is 6.76. The average molecular weight is 300 g/mol. The number of phenolic OH excluding ortho intramolecular Hbond substituents is 1. The third-order valence-corrected chi connectivity index (χ3v) is 2.99. The molecule has 0 unspecified atom stereocenters. The summed E-state index contributed by atoms with van der Waals surface area (Å²) in [6.45, 7) is 6.37. The Kier molecular flexibility index (Phi) is 3.99. The number of hydrogen-bond donors (Lipinski definition) is 1. The fraction of sp³-hybridized carbons (Fsp3) is 0.500. The number of aromatic hydroxyl groups is 1. The summed E-state index contributed by atoms with van der Waals surface area (Å²) in [5.74, 6) is 0.518. The molecule has 1 aliphatic rings. The van der Waals surface area contributed by atoms with Crippen LogP contribution in [0.1, 0.15) is 26.3 Å². The molecule has 0 saturated carbocycles. The zero-order valence-electron chi connectivity index (χ0n) is 11.8. The SMILES string of the molecule is CC(C)(C)OC(=O)N1CCOc2cc(Cl)cc(O)c2C1. The standard InChI is InChI=1S/C14H18ClNO4/c1-14(2,3)20-13(18)16-4-5-19-12-7-9(15)6-11(17)10(12)8-16/h6-7,17H,4-5,8H2,1-3H3. The fourth-order valence-corrected chi connectivity index (χ4v) is 2.11. The number of rotatable bonds is 0. The molecule has 1 heterocycles. The lowest BCUT2D eigenvalue weighted by Crippen LogP contribution is -2.37. The summed E-state index contributed by atoms with van der Waals surface area (Å²) in [6.07, 6.45) is -0.427. The lowest BCUT2D eigenvalue weighted by molar-refractivity contribution is 0.0225. The monoisotopic (exact) mass is 299 g/mol. The summed E-state index contributed by atoms with van der Waals surface area (Å²) in [4.78, 5) is 13.6. The van der Waals surface area contributed by atoms with Crippen LogP contribution in [0.4, 0.5) is 4.79 Å². The zero-order chi connectivity index (χ0) is 14.9. The molecule has 5 nitrogen and oxygen atoms in total. The minimum atomic E-state index is -0.560. The summed E-state index contributed by atoms with van der Waals surface area (Å²) >= 11 is 5.88. The molecule has 1 N–H and O–H groups in total. The highest BCUT2D eigenvalue weighted by atomic mass is 35.5. The Morgan fingerprint density at radius 2 is 2.15 bits per heavy atom. The van der Waals surface area contributed by atoms with E-state index in [1.807, 2.05) is 20.8 Å². The van der Waals surface area contributed by atoms with Gasteiger partial charge >= 0.3 is 6.09 Å². The van der Waals surface area contributed by atoms with Crippen molar-refractivity contribution in [3.8, 4) is 11.5 Å². The molecule has 0 aromatic heterocycles. The van der Waals surface area contributed by atoms with E-state index in [4.69, 9.17) is 21.1 Å². The molecule has 6 heteroatoms. The van der Waals surface area contributed by atoms with E-state index < -0.39 is 11.7 Å². The molecule has 1 aliphatic heterocycles. The Balaban J connectivity index is 2.22. The highest BCUT2D eigenvalue weighted by molar-refractivity contribution is 6.30. The topological polar surface area (TPSA) is 59.0 Å². The number of amides is 1. The van der Waals surface area contributed by atoms with Gasteiger partial charge in [0.1, 0.15) is 23.7 Å². The van der Waals surface area contributed by atoms with Gasteiger partial charge in [-0.1, -0.05) is 11.6 Å². The number of hydrogen-bond acceptors (Lipinski definition) is 4. The van der Waals surface area contributed by atoms with Crippen LogP contribution < -0.4 is 4.74 Å². The molecule has 0 fully saturated rings. The number of fused-ring (bicyclic) bond motifs is 1. The third-order valence-electron chi connectivity index (χ3n) is 2.77. The maximum Gasteiger partial charge on any atom is 0.410 e. The van der Waals surface area contributed by atoms with E-state index in [0.717, 1.165) is 0 Å². The summed E-state index contributed by atoms with van der Waals surface area (Å²) in [5, 5.41) is 10.3. The maximum atomic E-state index is 12.1. The van der Waals surface area contributed by atoms with E-state index in [9.17, 15) is 9.90 Å². The third kappa shape index (κ3) is 3.48. The highest BCUT2D eigenvalue weighted by Crippen LogP contribution is 2.34. The van der Waals surface area contributed by atoms with Crippen molar-refractivity contribution in [3.63, 3.8) is 0 Å². The second-order valence-electron chi connectivity index (χ2n) is 5.65. The largest absolute Gasteiger partial charge is 0.507 e. The van der Waals surface area contributed by atoms with Gasteiger partial charge < -0.3 is 19.5 Å². The normalized spacial score (nSPS) is 15.1. The van der Waals surface area contributed by atoms with Gasteiger partial charge in [0.2, 0.25) is 0 Å². The van der Waals surface area contributed by atoms with Gasteiger partial charge in [-0.05, 0) is 32.9 Å². The van der Waals surface area contributed by atoms with Gasteiger partial charge in [0.05, 0.1) is 18.7 Å². The first-order valence-electron chi connectivity index (χ1n) is 6.38. The first kappa shape index (κ1) is 14.8. The van der Waals surface area contributed by atoms with Crippen molar-refractivity contribution >= 4 is 17.7 Å². The van der Waals surface area contributed by atoms with Crippen LogP contribution >= 0.6 is 11.6 Å². The first-order chi connectivity index (χ1) is 9.26. The molecule has 0 spiro atoms. The van der Waals surface area contributed by atoms with Crippen LogP contribution in [0.5, 0.6) is 11.5 Å². The molecule has 2 rings (SSSR count). The van der Waals surface area contributed by atoms with E-state index in [-0.39, 0.29) is 12.3 Å². The number of carbonyl (C=O) groups excluding carboxylic acids is 1. The Morgan fingerprint density at radius 1 is 1.45 bits per heavy atom. The maximum absolute atomic E-state index is 12.1. The Labute approximate surface area is 123 Å². The summed E-state index contributed by atoms with van der Waals surface area (Å²) < 4.78 is 10.9. The Hall–Kier alpha value is -1.62. The number of benzene rings is 1. The van der Waals surface area contributed by atoms with E-state index in [2.05, 4.69) is 0 Å². The smallest absolute Gasteiger partial charge is 0.410 e. The zero-order valence-corrected chi connectivity index (χ0v) is 12.5. The van der Waals surface area contributed by atoms with Crippen LogP contribution in [0.25, 0.3) is 0 Å². The molecule has 0 radical (unpaired) electrons. The van der Waals surface area contributed by atoms with Crippen molar-refractivity contribution in [2.24, 2.45) is 0 Å². The Morgan fingerprint density at radius 3 is 2.80 bits per heavy atom. The molecular formula is C14H18ClNO4. The lowest BCUT2D eigenvalue weighted by Gasteiger charge is -2.26. The van der Waals surface area contributed by atoms with Crippen molar-refractivity contribution in [1.82, 2.24) is 4.90 Å². The molecule has 0 atom stereocenters. The predicted molar refractivity (Wildman–Crippen MR) is 75.3 cm³/mol. The molecule has 110 valence electrons. The summed E-state index contributed by atoms with van der Waals surface area (Å²) in [6, 6.07) is 3.07. The molecule has 0 saturated heterocycles. The predicted octanol–water partition coefficient (Wildman–Crippen LogP) is 3.18. The van der Waals surface area contributed by atoms with Crippen molar-refractivity contribution in [2.45, 2.75) is 32.9 Å². The van der Waals surface area contributed by atoms with Gasteiger partial charge in [-0.25, -0.2) is 4.79 Å². The van der Waals surface area contributed by atoms with Gasteiger partial charge in [0.25, 0.3) is 0 Å². The van der Waals surface area contributed by atoms with E-state index >= 15 is 0 Å². The van der Waals surface area contributed by atoms with Crippen LogP contribution in [0.2, 0.25) is 5.02 Å². The molecule has 0 aliphatic carbocycles. The number of halogens is 1. The Bertz CT molecular complexity index is 525. The van der Waals surface area contributed by atoms with E-state index in [0.29, 0.717) is 29.5 Å². The number of phenols is 1. The quantitative estimate of drug-likeness (QED) is 0.799. The van der Waals surface area contributed by atoms with Gasteiger partial charge in [-0.15, -0.1) is 0 Å². The van der Waals surface area contributed by atoms with Crippen molar-refractivity contribution in [3.05, 3.63) is 22.7 Å². The van der Waals surface area contributed by atoms with Gasteiger partial charge in [0, 0.05) is 5.02 Å². The van der Waals surface area contributed by atoms with Crippen molar-refractivity contribution in [1.29, 1.82) is 0 Å². The van der Waals surface area contributed by atoms with Crippen LogP contribution in [0, 0.1) is 0 Å². The van der Waals surface area contributed by atoms with Crippen LogP contribution in [-0.2, 0) is 11.3 Å². The van der Waals surface area contributed by atoms with Crippen LogP contribution in [0.3, 0.4) is 0 Å². The number of carbonyl (C=O) groups is 1. The van der Waals surface area contributed by atoms with Crippen molar-refractivity contribution < 1.29 is 19.4 Å². The number of ether oxygens (including phenoxy) is 2. The summed E-state index contributed by atoms with van der Waals surface area (Å²) in [7, 11) is 0. The molecule has 1 aromatic carbocycles. The van der Waals surface area contributed by atoms with Gasteiger partial charge in [-0.2, -0.15) is 0 Å². The second-order valence-corrected chi connectivity index (χ2v) is 6.09. The lowest BCUT2D eigenvalue weighted by atomic mass is 10.1. The van der Waals surface area contributed by atoms with Crippen molar-refractivity contribution in [2.75, 3.05) is 13.2 Å². The minimum absolute atomic E-state index is 0.0166. The van der Waals surface area contributed by atoms with Crippen LogP contribution in [0.15, 0.2) is 12.1 Å². The van der Waals surface area contributed by atoms with Gasteiger partial charge in [-0.3, -0.25) is 0 Å². The number of nitrogens with zero attached hydrogens (tertiary/aromatic N) is 1. The highest BCUT2D eigenvalue weighted by Gasteiger charge is 2.26.